The van der Waals surface area contributed by atoms with Gasteiger partial charge in [0.25, 0.3) is 5.91 Å². The Morgan fingerprint density at radius 2 is 2.09 bits per heavy atom. The van der Waals surface area contributed by atoms with Crippen LogP contribution in [0.2, 0.25) is 0 Å². The smallest absolute Gasteiger partial charge is 0.259 e. The van der Waals surface area contributed by atoms with Gasteiger partial charge in [-0.15, -0.1) is 0 Å². The summed E-state index contributed by atoms with van der Waals surface area (Å²) in [6, 6.07) is 7.48. The van der Waals surface area contributed by atoms with Gasteiger partial charge in [0.05, 0.1) is 12.6 Å². The number of hydrogen-bond acceptors (Lipinski definition) is 7. The highest BCUT2D eigenvalue weighted by atomic mass is 16.7. The van der Waals surface area contributed by atoms with Gasteiger partial charge in [-0.3, -0.25) is 9.69 Å². The fourth-order valence-corrected chi connectivity index (χ4v) is 4.34. The summed E-state index contributed by atoms with van der Waals surface area (Å²) in [7, 11) is 2.04. The Labute approximate surface area is 200 Å². The molecular formula is C26H33N3O5. The van der Waals surface area contributed by atoms with Gasteiger partial charge < -0.3 is 24.2 Å². The van der Waals surface area contributed by atoms with Crippen LogP contribution in [-0.2, 0) is 6.54 Å². The predicted molar refractivity (Wildman–Crippen MR) is 129 cm³/mol. The number of benzene rings is 1. The van der Waals surface area contributed by atoms with Crippen molar-refractivity contribution in [3.8, 4) is 17.4 Å². The number of aromatic nitrogens is 1. The van der Waals surface area contributed by atoms with Gasteiger partial charge in [-0.25, -0.2) is 4.98 Å². The molecule has 1 aromatic heterocycles. The number of carbonyl (C=O) groups excluding carboxylic acids is 1. The van der Waals surface area contributed by atoms with Crippen molar-refractivity contribution in [2.24, 2.45) is 5.92 Å². The summed E-state index contributed by atoms with van der Waals surface area (Å²) < 4.78 is 17.3. The number of hydrogen-bond donors (Lipinski definition) is 1. The average Bonchev–Trinajstić information content (AvgIpc) is 3.29. The molecule has 0 radical (unpaired) electrons. The molecule has 8 nitrogen and oxygen atoms in total. The molecule has 2 aliphatic heterocycles. The molecule has 182 valence electrons. The maximum atomic E-state index is 13.4. The summed E-state index contributed by atoms with van der Waals surface area (Å²) in [6.45, 7) is 7.83. The summed E-state index contributed by atoms with van der Waals surface area (Å²) in [5, 5.41) is 9.80. The molecular weight excluding hydrogens is 434 g/mol. The first-order valence-electron chi connectivity index (χ1n) is 11.7. The summed E-state index contributed by atoms with van der Waals surface area (Å²) in [6.07, 6.45) is 5.32. The zero-order chi connectivity index (χ0) is 24.2. The summed E-state index contributed by atoms with van der Waals surface area (Å²) in [5.74, 6) is 1.73. The molecule has 0 unspecified atom stereocenters. The van der Waals surface area contributed by atoms with Crippen molar-refractivity contribution in [2.45, 2.75) is 39.5 Å². The third kappa shape index (κ3) is 5.18. The van der Waals surface area contributed by atoms with E-state index < -0.39 is 0 Å². The highest BCUT2D eigenvalue weighted by Crippen LogP contribution is 2.33. The Kier molecular flexibility index (Phi) is 7.38. The second-order valence-corrected chi connectivity index (χ2v) is 9.13. The van der Waals surface area contributed by atoms with Crippen LogP contribution in [0.25, 0.3) is 6.08 Å². The lowest BCUT2D eigenvalue weighted by Gasteiger charge is -2.37. The van der Waals surface area contributed by atoms with E-state index in [0.717, 1.165) is 22.6 Å². The molecule has 8 heteroatoms. The minimum Gasteiger partial charge on any atom is -0.472 e. The maximum Gasteiger partial charge on any atom is 0.259 e. The van der Waals surface area contributed by atoms with Crippen molar-refractivity contribution in [1.29, 1.82) is 0 Å². The second kappa shape index (κ2) is 10.4. The van der Waals surface area contributed by atoms with E-state index >= 15 is 0 Å². The van der Waals surface area contributed by atoms with E-state index in [-0.39, 0.29) is 37.4 Å². The molecule has 0 saturated carbocycles. The van der Waals surface area contributed by atoms with E-state index in [2.05, 4.69) is 16.8 Å². The molecule has 2 aromatic rings. The van der Waals surface area contributed by atoms with Gasteiger partial charge in [-0.2, -0.15) is 0 Å². The zero-order valence-corrected chi connectivity index (χ0v) is 20.2. The highest BCUT2D eigenvalue weighted by Gasteiger charge is 2.34. The van der Waals surface area contributed by atoms with E-state index in [0.29, 0.717) is 31.1 Å². The molecule has 0 fully saturated rings. The number of ether oxygens (including phenoxy) is 3. The van der Waals surface area contributed by atoms with Crippen LogP contribution < -0.4 is 14.2 Å². The second-order valence-electron chi connectivity index (χ2n) is 9.13. The molecule has 0 bridgehead atoms. The summed E-state index contributed by atoms with van der Waals surface area (Å²) in [4.78, 5) is 21.8. The number of allylic oxidation sites excluding steroid dienone is 1. The average molecular weight is 468 g/mol. The molecule has 3 heterocycles. The van der Waals surface area contributed by atoms with E-state index in [4.69, 9.17) is 14.2 Å². The van der Waals surface area contributed by atoms with Crippen LogP contribution in [0.4, 0.5) is 0 Å². The van der Waals surface area contributed by atoms with Gasteiger partial charge in [0, 0.05) is 31.7 Å². The molecule has 0 saturated heterocycles. The summed E-state index contributed by atoms with van der Waals surface area (Å²) >= 11 is 0. The van der Waals surface area contributed by atoms with Crippen LogP contribution in [0.1, 0.15) is 42.3 Å². The maximum absolute atomic E-state index is 13.4. The van der Waals surface area contributed by atoms with Crippen LogP contribution in [0.15, 0.2) is 36.5 Å². The van der Waals surface area contributed by atoms with Crippen molar-refractivity contribution in [1.82, 2.24) is 14.8 Å². The largest absolute Gasteiger partial charge is 0.472 e. The summed E-state index contributed by atoms with van der Waals surface area (Å²) in [5.41, 5.74) is 2.37. The number of fused-ring (bicyclic) bond motifs is 2. The fourth-order valence-electron chi connectivity index (χ4n) is 4.34. The number of nitrogens with zero attached hydrogens (tertiary/aromatic N) is 3. The van der Waals surface area contributed by atoms with Gasteiger partial charge in [-0.1, -0.05) is 25.1 Å². The lowest BCUT2D eigenvalue weighted by molar-refractivity contribution is 0.0325. The van der Waals surface area contributed by atoms with Crippen LogP contribution in [0.5, 0.6) is 17.4 Å². The SMILES string of the molecule is CC=Cc1cnc2c(c1)C(=O)N([C@H](C)CO)C[C@@H](C)[C@H](CN(C)Cc1ccc3c(c1)OCO3)O2. The Bertz CT molecular complexity index is 1060. The highest BCUT2D eigenvalue weighted by molar-refractivity contribution is 5.97. The Morgan fingerprint density at radius 1 is 1.29 bits per heavy atom. The van der Waals surface area contributed by atoms with E-state index in [1.54, 1.807) is 11.1 Å². The van der Waals surface area contributed by atoms with Crippen LogP contribution in [0.3, 0.4) is 0 Å². The van der Waals surface area contributed by atoms with Gasteiger partial charge in [0.2, 0.25) is 12.7 Å². The Morgan fingerprint density at radius 3 is 2.85 bits per heavy atom. The van der Waals surface area contributed by atoms with Crippen LogP contribution in [0, 0.1) is 5.92 Å². The molecule has 1 amide bonds. The third-order valence-corrected chi connectivity index (χ3v) is 6.28. The molecule has 34 heavy (non-hydrogen) atoms. The van der Waals surface area contributed by atoms with Crippen LogP contribution in [-0.4, -0.2) is 71.5 Å². The van der Waals surface area contributed by atoms with Gasteiger partial charge >= 0.3 is 0 Å². The van der Waals surface area contributed by atoms with Crippen molar-refractivity contribution < 1.29 is 24.1 Å². The molecule has 3 atom stereocenters. The lowest BCUT2D eigenvalue weighted by Crippen LogP contribution is -2.49. The number of amides is 1. The van der Waals surface area contributed by atoms with Gasteiger partial charge in [-0.05, 0) is 50.2 Å². The third-order valence-electron chi connectivity index (χ3n) is 6.28. The molecule has 2 aliphatic rings. The van der Waals surface area contributed by atoms with Gasteiger partial charge in [0.1, 0.15) is 11.7 Å². The van der Waals surface area contributed by atoms with Crippen molar-refractivity contribution in [3.63, 3.8) is 0 Å². The van der Waals surface area contributed by atoms with Crippen LogP contribution >= 0.6 is 0 Å². The number of carbonyl (C=O) groups is 1. The minimum atomic E-state index is -0.307. The normalized spacial score (nSPS) is 20.8. The van der Waals surface area contributed by atoms with E-state index in [1.165, 1.54) is 0 Å². The van der Waals surface area contributed by atoms with E-state index in [1.807, 2.05) is 57.3 Å². The molecule has 1 N–H and O–H groups in total. The zero-order valence-electron chi connectivity index (χ0n) is 20.2. The first-order chi connectivity index (χ1) is 16.4. The van der Waals surface area contributed by atoms with E-state index in [9.17, 15) is 9.90 Å². The topological polar surface area (TPSA) is 84.4 Å². The van der Waals surface area contributed by atoms with Crippen molar-refractivity contribution in [2.75, 3.05) is 33.5 Å². The lowest BCUT2D eigenvalue weighted by atomic mass is 9.99. The number of likely N-dealkylation sites (N-methyl/N-ethyl adjacent to an activating group) is 1. The first-order valence-corrected chi connectivity index (χ1v) is 11.7. The molecule has 4 rings (SSSR count). The Balaban J connectivity index is 1.57. The predicted octanol–water partition coefficient (Wildman–Crippen LogP) is 3.20. The van der Waals surface area contributed by atoms with Crippen molar-refractivity contribution in [3.05, 3.63) is 53.2 Å². The standard InChI is InChI=1S/C26H33N3O5/c1-5-6-19-9-21-25(27-11-19)34-24(17(2)12-29(26(21)31)18(3)15-30)14-28(4)13-20-7-8-22-23(10-20)33-16-32-22/h5-11,17-18,24,30H,12-16H2,1-4H3/t17-,18-,24+/m1/s1. The first kappa shape index (κ1) is 24.0. The fraction of sp³-hybridized carbons (Fsp3) is 0.462. The minimum absolute atomic E-state index is 0.0299. The monoisotopic (exact) mass is 467 g/mol. The Hall–Kier alpha value is -3.10. The van der Waals surface area contributed by atoms with Crippen molar-refractivity contribution >= 4 is 12.0 Å². The quantitative estimate of drug-likeness (QED) is 0.669. The number of pyridine rings is 1. The molecule has 0 spiro atoms. The number of aliphatic hydroxyl groups excluding tert-OH is 1. The van der Waals surface area contributed by atoms with Gasteiger partial charge in [0.15, 0.2) is 11.5 Å². The molecule has 1 aromatic carbocycles. The number of rotatable bonds is 7. The molecule has 0 aliphatic carbocycles. The number of aliphatic hydroxyl groups is 1.